The number of carbonyl (C=O) groups is 1. The first kappa shape index (κ1) is 12.8. The zero-order valence-electron chi connectivity index (χ0n) is 10.8. The van der Waals surface area contributed by atoms with Crippen molar-refractivity contribution >= 4 is 6.09 Å². The Labute approximate surface area is 105 Å². The van der Waals surface area contributed by atoms with Crippen LogP contribution in [0.3, 0.4) is 0 Å². The molecule has 0 bridgehead atoms. The van der Waals surface area contributed by atoms with E-state index in [0.717, 1.165) is 0 Å². The molecule has 7 nitrogen and oxygen atoms in total. The molecule has 2 heterocycles. The van der Waals surface area contributed by atoms with Crippen LogP contribution in [-0.2, 0) is 9.47 Å². The second-order valence-electron chi connectivity index (χ2n) is 5.04. The highest BCUT2D eigenvalue weighted by Crippen LogP contribution is 2.24. The largest absolute Gasteiger partial charge is 0.444 e. The summed E-state index contributed by atoms with van der Waals surface area (Å²) in [4.78, 5) is 17.6. The molecule has 0 unspecified atom stereocenters. The summed E-state index contributed by atoms with van der Waals surface area (Å²) in [5.41, 5.74) is -0.533. The first-order chi connectivity index (χ1) is 8.47. The Morgan fingerprint density at radius 3 is 2.94 bits per heavy atom. The van der Waals surface area contributed by atoms with Crippen molar-refractivity contribution in [3.8, 4) is 0 Å². The average molecular weight is 255 g/mol. The number of carbonyl (C=O) groups excluding carboxylic acids is 1. The van der Waals surface area contributed by atoms with Gasteiger partial charge in [-0.05, 0) is 20.8 Å². The molecule has 0 aromatic carbocycles. The first-order valence-electron chi connectivity index (χ1n) is 5.81. The van der Waals surface area contributed by atoms with E-state index in [9.17, 15) is 4.79 Å². The number of morpholine rings is 1. The van der Waals surface area contributed by atoms with Crippen molar-refractivity contribution in [2.45, 2.75) is 32.4 Å². The molecule has 0 saturated carbocycles. The predicted molar refractivity (Wildman–Crippen MR) is 60.8 cm³/mol. The Balaban J connectivity index is 2.11. The van der Waals surface area contributed by atoms with Crippen molar-refractivity contribution in [1.29, 1.82) is 0 Å². The van der Waals surface area contributed by atoms with Crippen molar-refractivity contribution in [3.63, 3.8) is 0 Å². The van der Waals surface area contributed by atoms with Gasteiger partial charge < -0.3 is 14.0 Å². The van der Waals surface area contributed by atoms with Gasteiger partial charge in [0.25, 0.3) is 5.89 Å². The maximum atomic E-state index is 12.1. The number of hydrogen-bond donors (Lipinski definition) is 0. The minimum atomic E-state index is -0.533. The van der Waals surface area contributed by atoms with Crippen molar-refractivity contribution in [2.75, 3.05) is 19.8 Å². The third-order valence-corrected chi connectivity index (χ3v) is 2.42. The van der Waals surface area contributed by atoms with E-state index in [2.05, 4.69) is 10.1 Å². The Morgan fingerprint density at radius 1 is 1.56 bits per heavy atom. The van der Waals surface area contributed by atoms with E-state index in [1.54, 1.807) is 4.90 Å². The zero-order valence-corrected chi connectivity index (χ0v) is 10.8. The van der Waals surface area contributed by atoms with Crippen LogP contribution in [0, 0.1) is 0 Å². The van der Waals surface area contributed by atoms with Gasteiger partial charge in [0.05, 0.1) is 13.2 Å². The van der Waals surface area contributed by atoms with Gasteiger partial charge in [-0.25, -0.2) is 4.79 Å². The second-order valence-corrected chi connectivity index (χ2v) is 5.04. The molecular formula is C11H17N3O4. The van der Waals surface area contributed by atoms with Gasteiger partial charge in [0, 0.05) is 6.54 Å². The number of amides is 1. The summed E-state index contributed by atoms with van der Waals surface area (Å²) in [7, 11) is 0. The molecule has 1 fully saturated rings. The van der Waals surface area contributed by atoms with Crippen molar-refractivity contribution in [3.05, 3.63) is 12.2 Å². The van der Waals surface area contributed by atoms with Crippen LogP contribution in [0.25, 0.3) is 0 Å². The minimum Gasteiger partial charge on any atom is -0.444 e. The Hall–Kier alpha value is -1.63. The number of ether oxygens (including phenoxy) is 2. The maximum absolute atomic E-state index is 12.1. The van der Waals surface area contributed by atoms with Crippen LogP contribution in [0.2, 0.25) is 0 Å². The monoisotopic (exact) mass is 255 g/mol. The van der Waals surface area contributed by atoms with E-state index in [0.29, 0.717) is 25.6 Å². The zero-order chi connectivity index (χ0) is 13.2. The lowest BCUT2D eigenvalue weighted by atomic mass is 10.2. The molecule has 1 atom stereocenters. The summed E-state index contributed by atoms with van der Waals surface area (Å²) >= 11 is 0. The van der Waals surface area contributed by atoms with Gasteiger partial charge in [0.2, 0.25) is 0 Å². The average Bonchev–Trinajstić information content (AvgIpc) is 2.80. The SMILES string of the molecule is CC(C)(C)OC(=O)N1CCOC[C@@H]1c1ncno1. The molecule has 18 heavy (non-hydrogen) atoms. The summed E-state index contributed by atoms with van der Waals surface area (Å²) in [5, 5.41) is 3.55. The maximum Gasteiger partial charge on any atom is 0.411 e. The standard InChI is InChI=1S/C11H17N3O4/c1-11(2,3)17-10(15)14-4-5-16-6-8(14)9-12-7-13-18-9/h7-8H,4-6H2,1-3H3/t8-/m1/s1. The van der Waals surface area contributed by atoms with Crippen LogP contribution in [-0.4, -0.2) is 46.5 Å². The van der Waals surface area contributed by atoms with Gasteiger partial charge in [-0.1, -0.05) is 5.16 Å². The Kier molecular flexibility index (Phi) is 3.51. The fourth-order valence-corrected chi connectivity index (χ4v) is 1.68. The third-order valence-electron chi connectivity index (χ3n) is 2.42. The summed E-state index contributed by atoms with van der Waals surface area (Å²) in [5.74, 6) is 0.362. The Morgan fingerprint density at radius 2 is 2.33 bits per heavy atom. The summed E-state index contributed by atoms with van der Waals surface area (Å²) in [6.07, 6.45) is 0.908. The molecule has 0 aliphatic carbocycles. The molecule has 1 aliphatic heterocycles. The highest BCUT2D eigenvalue weighted by Gasteiger charge is 2.34. The van der Waals surface area contributed by atoms with Gasteiger partial charge >= 0.3 is 6.09 Å². The van der Waals surface area contributed by atoms with E-state index in [1.165, 1.54) is 6.33 Å². The fourth-order valence-electron chi connectivity index (χ4n) is 1.68. The topological polar surface area (TPSA) is 77.7 Å². The summed E-state index contributed by atoms with van der Waals surface area (Å²) in [6, 6.07) is -0.379. The second kappa shape index (κ2) is 4.93. The van der Waals surface area contributed by atoms with Crippen molar-refractivity contribution in [2.24, 2.45) is 0 Å². The van der Waals surface area contributed by atoms with Gasteiger partial charge in [0.15, 0.2) is 6.33 Å². The molecule has 1 amide bonds. The first-order valence-corrected chi connectivity index (χ1v) is 5.81. The lowest BCUT2D eigenvalue weighted by Crippen LogP contribution is -2.45. The van der Waals surface area contributed by atoms with Crippen LogP contribution < -0.4 is 0 Å². The van der Waals surface area contributed by atoms with Crippen molar-refractivity contribution in [1.82, 2.24) is 15.0 Å². The number of aromatic nitrogens is 2. The molecule has 2 rings (SSSR count). The van der Waals surface area contributed by atoms with Crippen molar-refractivity contribution < 1.29 is 18.8 Å². The minimum absolute atomic E-state index is 0.335. The highest BCUT2D eigenvalue weighted by molar-refractivity contribution is 5.68. The van der Waals surface area contributed by atoms with Crippen LogP contribution in [0.15, 0.2) is 10.9 Å². The van der Waals surface area contributed by atoms with E-state index in [1.807, 2.05) is 20.8 Å². The van der Waals surface area contributed by atoms with Gasteiger partial charge in [-0.15, -0.1) is 0 Å². The third kappa shape index (κ3) is 2.98. The lowest BCUT2D eigenvalue weighted by molar-refractivity contribution is -0.0401. The normalized spacial score (nSPS) is 20.8. The van der Waals surface area contributed by atoms with E-state index < -0.39 is 11.7 Å². The molecule has 1 aromatic heterocycles. The molecule has 1 aliphatic rings. The smallest absolute Gasteiger partial charge is 0.411 e. The summed E-state index contributed by atoms with van der Waals surface area (Å²) < 4.78 is 15.7. The number of rotatable bonds is 1. The molecule has 0 radical (unpaired) electrons. The summed E-state index contributed by atoms with van der Waals surface area (Å²) in [6.45, 7) is 6.74. The molecule has 0 spiro atoms. The molecule has 1 saturated heterocycles. The predicted octanol–water partition coefficient (Wildman–Crippen LogP) is 1.38. The molecular weight excluding hydrogens is 238 g/mol. The Bertz CT molecular complexity index is 399. The number of nitrogens with zero attached hydrogens (tertiary/aromatic N) is 3. The fraction of sp³-hybridized carbons (Fsp3) is 0.727. The van der Waals surface area contributed by atoms with E-state index in [4.69, 9.17) is 14.0 Å². The quantitative estimate of drug-likeness (QED) is 0.754. The molecule has 7 heteroatoms. The van der Waals surface area contributed by atoms with Crippen LogP contribution in [0.4, 0.5) is 4.79 Å². The van der Waals surface area contributed by atoms with Gasteiger partial charge in [-0.2, -0.15) is 4.98 Å². The molecule has 1 aromatic rings. The van der Waals surface area contributed by atoms with Crippen LogP contribution >= 0.6 is 0 Å². The van der Waals surface area contributed by atoms with Gasteiger partial charge in [0.1, 0.15) is 11.6 Å². The van der Waals surface area contributed by atoms with Crippen LogP contribution in [0.1, 0.15) is 32.7 Å². The van der Waals surface area contributed by atoms with E-state index >= 15 is 0 Å². The van der Waals surface area contributed by atoms with E-state index in [-0.39, 0.29) is 6.04 Å². The highest BCUT2D eigenvalue weighted by atomic mass is 16.6. The molecule has 100 valence electrons. The molecule has 0 N–H and O–H groups in total. The van der Waals surface area contributed by atoms with Gasteiger partial charge in [-0.3, -0.25) is 4.90 Å². The number of hydrogen-bond acceptors (Lipinski definition) is 6. The lowest BCUT2D eigenvalue weighted by Gasteiger charge is -2.34. The van der Waals surface area contributed by atoms with Crippen LogP contribution in [0.5, 0.6) is 0 Å².